The van der Waals surface area contributed by atoms with Gasteiger partial charge in [-0.2, -0.15) is 5.26 Å². The summed E-state index contributed by atoms with van der Waals surface area (Å²) in [5.41, 5.74) is 5.79. The zero-order valence-corrected chi connectivity index (χ0v) is 22.0. The Morgan fingerprint density at radius 1 is 1.09 bits per heavy atom. The molecule has 0 heterocycles. The predicted molar refractivity (Wildman–Crippen MR) is 143 cm³/mol. The van der Waals surface area contributed by atoms with Crippen molar-refractivity contribution in [3.8, 4) is 11.8 Å². The number of rotatable bonds is 6. The van der Waals surface area contributed by atoms with Gasteiger partial charge in [0.05, 0.1) is 17.2 Å². The van der Waals surface area contributed by atoms with Crippen molar-refractivity contribution in [2.45, 2.75) is 20.3 Å². The molecular weight excluding hydrogens is 570 g/mol. The monoisotopic (exact) mass is 590 g/mol. The second-order valence-electron chi connectivity index (χ2n) is 7.61. The van der Waals surface area contributed by atoms with Crippen LogP contribution in [0.25, 0.3) is 6.08 Å². The average molecular weight is 591 g/mol. The lowest BCUT2D eigenvalue weighted by atomic mass is 9.98. The van der Waals surface area contributed by atoms with E-state index in [2.05, 4.69) is 60.0 Å². The van der Waals surface area contributed by atoms with Gasteiger partial charge in [0.1, 0.15) is 17.4 Å². The van der Waals surface area contributed by atoms with Gasteiger partial charge in [-0.05, 0) is 84.0 Å². The highest BCUT2D eigenvalue weighted by atomic mass is 127. The molecule has 1 N–H and O–H groups in total. The Bertz CT molecular complexity index is 1280. The maximum atomic E-state index is 12.6. The summed E-state index contributed by atoms with van der Waals surface area (Å²) in [6.45, 7) is 4.16. The Morgan fingerprint density at radius 3 is 2.39 bits per heavy atom. The second kappa shape index (κ2) is 11.1. The number of amides is 1. The van der Waals surface area contributed by atoms with Crippen LogP contribution in [0.2, 0.25) is 10.0 Å². The standard InChI is InChI=1S/C26H21Cl2IN2O2/c1-15-6-16(2)8-17(7-15)10-21-24(29)11-18(12-25(21)33-3)9-19(14-30)26(32)31-20-4-5-22(27)23(28)13-20/h4-9,11-13H,10H2,1-3H3,(H,31,32)/b19-9+. The van der Waals surface area contributed by atoms with Crippen molar-refractivity contribution >= 4 is 63.5 Å². The molecule has 3 aromatic rings. The average Bonchev–Trinajstić information content (AvgIpc) is 2.75. The Morgan fingerprint density at radius 2 is 1.79 bits per heavy atom. The van der Waals surface area contributed by atoms with Gasteiger partial charge in [-0.3, -0.25) is 4.79 Å². The quantitative estimate of drug-likeness (QED) is 0.185. The third-order valence-electron chi connectivity index (χ3n) is 4.91. The van der Waals surface area contributed by atoms with Crippen LogP contribution in [-0.4, -0.2) is 13.0 Å². The number of hydrogen-bond donors (Lipinski definition) is 1. The smallest absolute Gasteiger partial charge is 0.266 e. The van der Waals surface area contributed by atoms with Gasteiger partial charge in [-0.1, -0.05) is 52.5 Å². The molecule has 1 amide bonds. The number of anilines is 1. The molecule has 0 fully saturated rings. The molecule has 0 aliphatic heterocycles. The first-order valence-corrected chi connectivity index (χ1v) is 11.9. The number of nitrogens with one attached hydrogen (secondary N) is 1. The first-order chi connectivity index (χ1) is 15.7. The Hall–Kier alpha value is -2.53. The van der Waals surface area contributed by atoms with Crippen LogP contribution >= 0.6 is 45.8 Å². The highest BCUT2D eigenvalue weighted by molar-refractivity contribution is 14.1. The molecule has 3 rings (SSSR count). The zero-order chi connectivity index (χ0) is 24.1. The van der Waals surface area contributed by atoms with E-state index in [0.717, 1.165) is 15.6 Å². The Labute approximate surface area is 217 Å². The number of methoxy groups -OCH3 is 1. The topological polar surface area (TPSA) is 62.1 Å². The van der Waals surface area contributed by atoms with E-state index in [1.165, 1.54) is 28.8 Å². The predicted octanol–water partition coefficient (Wildman–Crippen LogP) is 7.36. The summed E-state index contributed by atoms with van der Waals surface area (Å²) < 4.78 is 6.64. The van der Waals surface area contributed by atoms with Gasteiger partial charge in [-0.25, -0.2) is 0 Å². The molecule has 0 saturated carbocycles. The first kappa shape index (κ1) is 25.1. The van der Waals surface area contributed by atoms with Crippen LogP contribution in [0.5, 0.6) is 5.75 Å². The van der Waals surface area contributed by atoms with E-state index in [1.807, 2.05) is 18.2 Å². The van der Waals surface area contributed by atoms with Gasteiger partial charge in [0.25, 0.3) is 5.91 Å². The number of carbonyl (C=O) groups is 1. The number of halogens is 3. The van der Waals surface area contributed by atoms with Crippen LogP contribution < -0.4 is 10.1 Å². The molecule has 0 spiro atoms. The van der Waals surface area contributed by atoms with Gasteiger partial charge in [0, 0.05) is 21.2 Å². The van der Waals surface area contributed by atoms with Gasteiger partial charge < -0.3 is 10.1 Å². The highest BCUT2D eigenvalue weighted by Gasteiger charge is 2.14. The third kappa shape index (κ3) is 6.50. The van der Waals surface area contributed by atoms with E-state index >= 15 is 0 Å². The fourth-order valence-electron chi connectivity index (χ4n) is 3.53. The zero-order valence-electron chi connectivity index (χ0n) is 18.3. The van der Waals surface area contributed by atoms with Crippen LogP contribution in [0.4, 0.5) is 5.69 Å². The lowest BCUT2D eigenvalue weighted by Crippen LogP contribution is -2.13. The number of nitrogens with zero attached hydrogens (tertiary/aromatic N) is 1. The minimum Gasteiger partial charge on any atom is -0.496 e. The number of benzene rings is 3. The number of hydrogen-bond acceptors (Lipinski definition) is 3. The van der Waals surface area contributed by atoms with E-state index < -0.39 is 5.91 Å². The molecule has 0 unspecified atom stereocenters. The molecule has 7 heteroatoms. The molecule has 0 aliphatic carbocycles. The molecule has 0 atom stereocenters. The van der Waals surface area contributed by atoms with Crippen molar-refractivity contribution < 1.29 is 9.53 Å². The van der Waals surface area contributed by atoms with Crippen LogP contribution in [-0.2, 0) is 11.2 Å². The van der Waals surface area contributed by atoms with Crippen molar-refractivity contribution in [2.75, 3.05) is 12.4 Å². The first-order valence-electron chi connectivity index (χ1n) is 10.0. The molecular formula is C26H21Cl2IN2O2. The van der Waals surface area contributed by atoms with Crippen molar-refractivity contribution in [1.29, 1.82) is 5.26 Å². The van der Waals surface area contributed by atoms with Crippen LogP contribution in [0.15, 0.2) is 54.1 Å². The minimum atomic E-state index is -0.538. The molecule has 168 valence electrons. The molecule has 0 saturated heterocycles. The van der Waals surface area contributed by atoms with Crippen LogP contribution in [0, 0.1) is 28.7 Å². The van der Waals surface area contributed by atoms with E-state index in [1.54, 1.807) is 19.2 Å². The lowest BCUT2D eigenvalue weighted by Gasteiger charge is -2.14. The van der Waals surface area contributed by atoms with Crippen molar-refractivity contribution in [2.24, 2.45) is 0 Å². The number of ether oxygens (including phenoxy) is 1. The van der Waals surface area contributed by atoms with Gasteiger partial charge in [0.2, 0.25) is 0 Å². The van der Waals surface area contributed by atoms with E-state index in [-0.39, 0.29) is 5.57 Å². The number of carbonyl (C=O) groups excluding carboxylic acids is 1. The summed E-state index contributed by atoms with van der Waals surface area (Å²) in [4.78, 5) is 12.6. The summed E-state index contributed by atoms with van der Waals surface area (Å²) in [7, 11) is 1.62. The number of nitriles is 1. The molecule has 33 heavy (non-hydrogen) atoms. The van der Waals surface area contributed by atoms with Crippen molar-refractivity contribution in [1.82, 2.24) is 0 Å². The molecule has 0 radical (unpaired) electrons. The van der Waals surface area contributed by atoms with E-state index in [9.17, 15) is 10.1 Å². The molecule has 3 aromatic carbocycles. The Kier molecular flexibility index (Phi) is 8.41. The van der Waals surface area contributed by atoms with Crippen LogP contribution in [0.1, 0.15) is 27.8 Å². The molecule has 0 bridgehead atoms. The summed E-state index contributed by atoms with van der Waals surface area (Å²) >= 11 is 14.2. The fraction of sp³-hybridized carbons (Fsp3) is 0.154. The molecule has 0 aromatic heterocycles. The van der Waals surface area contributed by atoms with Gasteiger partial charge in [-0.15, -0.1) is 0 Å². The van der Waals surface area contributed by atoms with Gasteiger partial charge in [0.15, 0.2) is 0 Å². The summed E-state index contributed by atoms with van der Waals surface area (Å²) in [5.74, 6) is 0.165. The second-order valence-corrected chi connectivity index (χ2v) is 9.59. The summed E-state index contributed by atoms with van der Waals surface area (Å²) in [5, 5.41) is 12.9. The summed E-state index contributed by atoms with van der Waals surface area (Å²) in [6, 6.07) is 16.9. The third-order valence-corrected chi connectivity index (χ3v) is 6.61. The van der Waals surface area contributed by atoms with Gasteiger partial charge >= 0.3 is 0 Å². The number of aryl methyl sites for hydroxylation is 2. The van der Waals surface area contributed by atoms with E-state index in [4.69, 9.17) is 27.9 Å². The maximum absolute atomic E-state index is 12.6. The largest absolute Gasteiger partial charge is 0.496 e. The lowest BCUT2D eigenvalue weighted by molar-refractivity contribution is -0.112. The molecule has 4 nitrogen and oxygen atoms in total. The summed E-state index contributed by atoms with van der Waals surface area (Å²) in [6.07, 6.45) is 2.26. The maximum Gasteiger partial charge on any atom is 0.266 e. The minimum absolute atomic E-state index is 0.0408. The SMILES string of the molecule is COc1cc(/C=C(\C#N)C(=O)Nc2ccc(Cl)c(Cl)c2)cc(I)c1Cc1cc(C)cc(C)c1. The highest BCUT2D eigenvalue weighted by Crippen LogP contribution is 2.30. The van der Waals surface area contributed by atoms with Crippen molar-refractivity contribution in [3.63, 3.8) is 0 Å². The molecule has 0 aliphatic rings. The van der Waals surface area contributed by atoms with E-state index in [0.29, 0.717) is 27.0 Å². The van der Waals surface area contributed by atoms with Crippen LogP contribution in [0.3, 0.4) is 0 Å². The Balaban J connectivity index is 1.89. The van der Waals surface area contributed by atoms with Crippen molar-refractivity contribution in [3.05, 3.63) is 95.5 Å². The fourth-order valence-corrected chi connectivity index (χ4v) is 4.65. The normalized spacial score (nSPS) is 11.1.